The lowest BCUT2D eigenvalue weighted by molar-refractivity contribution is -0.115. The van der Waals surface area contributed by atoms with Gasteiger partial charge in [-0.3, -0.25) is 9.69 Å². The molecule has 118 valence electrons. The Morgan fingerprint density at radius 2 is 2.00 bits per heavy atom. The van der Waals surface area contributed by atoms with Crippen molar-refractivity contribution in [3.8, 4) is 5.75 Å². The minimum Gasteiger partial charge on any atom is -0.508 e. The van der Waals surface area contributed by atoms with E-state index in [2.05, 4.69) is 29.3 Å². The standard InChI is InChI=1S/C19H20N2O2/c1-12(13-3-5-18-16(8-13)10-19(23)20-18)21-7-6-14-9-17(22)4-2-15(14)11-21/h2-5,8-9,12,22H,6-7,10-11H2,1H3,(H,20,23). The van der Waals surface area contributed by atoms with E-state index < -0.39 is 0 Å². The topological polar surface area (TPSA) is 52.6 Å². The molecule has 2 aromatic rings. The highest BCUT2D eigenvalue weighted by Gasteiger charge is 2.24. The summed E-state index contributed by atoms with van der Waals surface area (Å²) in [5, 5.41) is 12.5. The van der Waals surface area contributed by atoms with Crippen molar-refractivity contribution in [2.24, 2.45) is 0 Å². The van der Waals surface area contributed by atoms with Crippen LogP contribution < -0.4 is 5.32 Å². The Balaban J connectivity index is 1.56. The number of hydrogen-bond acceptors (Lipinski definition) is 3. The molecule has 0 bridgehead atoms. The molecule has 0 spiro atoms. The van der Waals surface area contributed by atoms with Gasteiger partial charge in [-0.05, 0) is 53.8 Å². The Hall–Kier alpha value is -2.33. The van der Waals surface area contributed by atoms with Crippen molar-refractivity contribution in [3.05, 3.63) is 58.7 Å². The molecule has 2 aliphatic heterocycles. The first kappa shape index (κ1) is 14.3. The quantitative estimate of drug-likeness (QED) is 0.896. The summed E-state index contributed by atoms with van der Waals surface area (Å²) in [6.07, 6.45) is 1.44. The van der Waals surface area contributed by atoms with Crippen molar-refractivity contribution in [2.45, 2.75) is 32.4 Å². The maximum atomic E-state index is 11.5. The summed E-state index contributed by atoms with van der Waals surface area (Å²) in [6.45, 7) is 4.09. The van der Waals surface area contributed by atoms with Crippen LogP contribution in [0.5, 0.6) is 5.75 Å². The fourth-order valence-electron chi connectivity index (χ4n) is 3.61. The van der Waals surface area contributed by atoms with E-state index in [1.807, 2.05) is 18.2 Å². The maximum absolute atomic E-state index is 11.5. The van der Waals surface area contributed by atoms with Gasteiger partial charge in [0.25, 0.3) is 0 Å². The number of carbonyl (C=O) groups is 1. The van der Waals surface area contributed by atoms with E-state index in [-0.39, 0.29) is 5.91 Å². The smallest absolute Gasteiger partial charge is 0.228 e. The van der Waals surface area contributed by atoms with Crippen LogP contribution in [0, 0.1) is 0 Å². The summed E-state index contributed by atoms with van der Waals surface area (Å²) >= 11 is 0. The summed E-state index contributed by atoms with van der Waals surface area (Å²) < 4.78 is 0. The molecule has 0 aromatic heterocycles. The predicted octanol–water partition coefficient (Wildman–Crippen LogP) is 3.01. The van der Waals surface area contributed by atoms with E-state index in [4.69, 9.17) is 0 Å². The average molecular weight is 308 g/mol. The van der Waals surface area contributed by atoms with Gasteiger partial charge in [0.05, 0.1) is 6.42 Å². The molecule has 4 heteroatoms. The lowest BCUT2D eigenvalue weighted by Gasteiger charge is -2.34. The molecule has 1 unspecified atom stereocenters. The first-order valence-corrected chi connectivity index (χ1v) is 8.07. The van der Waals surface area contributed by atoms with Crippen LogP contribution >= 0.6 is 0 Å². The Morgan fingerprint density at radius 3 is 2.87 bits per heavy atom. The molecule has 0 saturated carbocycles. The monoisotopic (exact) mass is 308 g/mol. The second kappa shape index (κ2) is 5.39. The number of phenolic OH excluding ortho intramolecular Hbond substituents is 1. The van der Waals surface area contributed by atoms with Crippen LogP contribution in [0.3, 0.4) is 0 Å². The Kier molecular flexibility index (Phi) is 3.34. The number of anilines is 1. The van der Waals surface area contributed by atoms with Crippen molar-refractivity contribution in [1.29, 1.82) is 0 Å². The van der Waals surface area contributed by atoms with Gasteiger partial charge >= 0.3 is 0 Å². The van der Waals surface area contributed by atoms with Gasteiger partial charge in [-0.2, -0.15) is 0 Å². The number of aromatic hydroxyl groups is 1. The second-order valence-electron chi connectivity index (χ2n) is 6.49. The zero-order valence-corrected chi connectivity index (χ0v) is 13.2. The molecule has 23 heavy (non-hydrogen) atoms. The average Bonchev–Trinajstić information content (AvgIpc) is 2.92. The summed E-state index contributed by atoms with van der Waals surface area (Å²) in [5.41, 5.74) is 5.84. The SMILES string of the molecule is CC(c1ccc2c(c1)CC(=O)N2)N1CCc2cc(O)ccc2C1. The number of fused-ring (bicyclic) bond motifs is 2. The largest absolute Gasteiger partial charge is 0.508 e. The third kappa shape index (κ3) is 2.59. The number of nitrogens with one attached hydrogen (secondary N) is 1. The van der Waals surface area contributed by atoms with Crippen LogP contribution in [-0.4, -0.2) is 22.5 Å². The zero-order chi connectivity index (χ0) is 16.0. The van der Waals surface area contributed by atoms with Crippen LogP contribution in [0.1, 0.15) is 35.2 Å². The van der Waals surface area contributed by atoms with E-state index >= 15 is 0 Å². The lowest BCUT2D eigenvalue weighted by atomic mass is 9.96. The Labute approximate surface area is 135 Å². The second-order valence-corrected chi connectivity index (χ2v) is 6.49. The summed E-state index contributed by atoms with van der Waals surface area (Å²) in [4.78, 5) is 14.0. The van der Waals surface area contributed by atoms with Gasteiger partial charge in [-0.25, -0.2) is 0 Å². The highest BCUT2D eigenvalue weighted by atomic mass is 16.3. The van der Waals surface area contributed by atoms with Gasteiger partial charge in [0.15, 0.2) is 0 Å². The van der Waals surface area contributed by atoms with Crippen molar-refractivity contribution >= 4 is 11.6 Å². The van der Waals surface area contributed by atoms with Crippen LogP contribution in [-0.2, 0) is 24.2 Å². The third-order valence-electron chi connectivity index (χ3n) is 5.02. The molecule has 0 radical (unpaired) electrons. The number of carbonyl (C=O) groups excluding carboxylic acids is 1. The molecule has 1 amide bonds. The van der Waals surface area contributed by atoms with Crippen LogP contribution in [0.25, 0.3) is 0 Å². The van der Waals surface area contributed by atoms with Gasteiger partial charge in [0.1, 0.15) is 5.75 Å². The lowest BCUT2D eigenvalue weighted by Crippen LogP contribution is -2.32. The number of nitrogens with zero attached hydrogens (tertiary/aromatic N) is 1. The molecular weight excluding hydrogens is 288 g/mol. The maximum Gasteiger partial charge on any atom is 0.228 e. The molecule has 1 atom stereocenters. The number of benzene rings is 2. The van der Waals surface area contributed by atoms with Gasteiger partial charge < -0.3 is 10.4 Å². The van der Waals surface area contributed by atoms with Crippen molar-refractivity contribution in [3.63, 3.8) is 0 Å². The van der Waals surface area contributed by atoms with Crippen molar-refractivity contribution in [2.75, 3.05) is 11.9 Å². The van der Waals surface area contributed by atoms with E-state index in [0.717, 1.165) is 30.8 Å². The molecule has 2 aromatic carbocycles. The molecule has 0 aliphatic carbocycles. The molecule has 0 saturated heterocycles. The van der Waals surface area contributed by atoms with Crippen molar-refractivity contribution < 1.29 is 9.90 Å². The van der Waals surface area contributed by atoms with Gasteiger partial charge in [-0.1, -0.05) is 18.2 Å². The molecule has 2 heterocycles. The summed E-state index contributed by atoms with van der Waals surface area (Å²) in [7, 11) is 0. The first-order valence-electron chi connectivity index (χ1n) is 8.07. The number of hydrogen-bond donors (Lipinski definition) is 2. The van der Waals surface area contributed by atoms with Crippen LogP contribution in [0.2, 0.25) is 0 Å². The number of amides is 1. The van der Waals surface area contributed by atoms with Gasteiger partial charge in [0, 0.05) is 24.8 Å². The normalized spacial score (nSPS) is 18.2. The van der Waals surface area contributed by atoms with E-state index in [0.29, 0.717) is 18.2 Å². The Morgan fingerprint density at radius 1 is 1.13 bits per heavy atom. The first-order chi connectivity index (χ1) is 11.1. The summed E-state index contributed by atoms with van der Waals surface area (Å²) in [5.74, 6) is 0.428. The highest BCUT2D eigenvalue weighted by Crippen LogP contribution is 2.32. The van der Waals surface area contributed by atoms with E-state index in [1.165, 1.54) is 16.7 Å². The van der Waals surface area contributed by atoms with E-state index in [9.17, 15) is 9.90 Å². The van der Waals surface area contributed by atoms with Gasteiger partial charge in [-0.15, -0.1) is 0 Å². The molecule has 2 N–H and O–H groups in total. The minimum absolute atomic E-state index is 0.0801. The summed E-state index contributed by atoms with van der Waals surface area (Å²) in [6, 6.07) is 12.3. The fraction of sp³-hybridized carbons (Fsp3) is 0.316. The molecule has 2 aliphatic rings. The molecule has 4 rings (SSSR count). The minimum atomic E-state index is 0.0801. The number of phenols is 1. The highest BCUT2D eigenvalue weighted by molar-refractivity contribution is 5.99. The molecular formula is C19H20N2O2. The van der Waals surface area contributed by atoms with Gasteiger partial charge in [0.2, 0.25) is 5.91 Å². The Bertz CT molecular complexity index is 785. The van der Waals surface area contributed by atoms with Crippen LogP contribution in [0.15, 0.2) is 36.4 Å². The van der Waals surface area contributed by atoms with E-state index in [1.54, 1.807) is 6.07 Å². The number of rotatable bonds is 2. The third-order valence-corrected chi connectivity index (χ3v) is 5.02. The fourth-order valence-corrected chi connectivity index (χ4v) is 3.61. The predicted molar refractivity (Wildman–Crippen MR) is 89.4 cm³/mol. The molecule has 0 fully saturated rings. The zero-order valence-electron chi connectivity index (χ0n) is 13.2. The van der Waals surface area contributed by atoms with Crippen LogP contribution in [0.4, 0.5) is 5.69 Å². The van der Waals surface area contributed by atoms with Crippen molar-refractivity contribution in [1.82, 2.24) is 4.90 Å². The molecule has 4 nitrogen and oxygen atoms in total.